The summed E-state index contributed by atoms with van der Waals surface area (Å²) in [5, 5.41) is 3.81. The Morgan fingerprint density at radius 3 is 2.58 bits per heavy atom. The quantitative estimate of drug-likeness (QED) is 0.255. The number of nitrogens with zero attached hydrogens (tertiary/aromatic N) is 2. The molecule has 1 amide bonds. The summed E-state index contributed by atoms with van der Waals surface area (Å²) in [7, 11) is 0. The van der Waals surface area contributed by atoms with Gasteiger partial charge in [0.05, 0.1) is 11.0 Å². The highest BCUT2D eigenvalue weighted by molar-refractivity contribution is 7.99. The number of ether oxygens (including phenoxy) is 1. The summed E-state index contributed by atoms with van der Waals surface area (Å²) in [6, 6.07) is 7.81. The number of benzene rings is 1. The Morgan fingerprint density at radius 1 is 1.10 bits per heavy atom. The predicted octanol–water partition coefficient (Wildman–Crippen LogP) is 5.34. The Bertz CT molecular complexity index is 842. The summed E-state index contributed by atoms with van der Waals surface area (Å²) < 4.78 is 7.41. The third-order valence-electron chi connectivity index (χ3n) is 4.71. The van der Waals surface area contributed by atoms with E-state index in [1.165, 1.54) is 19.3 Å². The number of carbonyl (C=O) groups excluding carboxylic acids is 2. The molecule has 0 fully saturated rings. The molecule has 0 bridgehead atoms. The zero-order chi connectivity index (χ0) is 22.7. The molecule has 0 saturated carbocycles. The van der Waals surface area contributed by atoms with Crippen LogP contribution in [0.4, 0.5) is 0 Å². The Kier molecular flexibility index (Phi) is 10.4. The van der Waals surface area contributed by atoms with Gasteiger partial charge in [0.15, 0.2) is 5.16 Å². The van der Waals surface area contributed by atoms with Crippen LogP contribution < -0.4 is 5.32 Å². The average Bonchev–Trinajstić information content (AvgIpc) is 3.03. The molecule has 0 radical (unpaired) electrons. The number of hydrogen-bond donors (Lipinski definition) is 1. The summed E-state index contributed by atoms with van der Waals surface area (Å²) in [5.74, 6) is 0.677. The number of amides is 1. The van der Waals surface area contributed by atoms with Crippen LogP contribution in [0.25, 0.3) is 11.0 Å². The number of unbranched alkanes of at least 4 members (excludes halogenated alkanes) is 4. The SMILES string of the molecule is CCCCCCCC(=O)NCCCSc1nc2ccccc2n1CC(=O)OC(C)(C)C. The van der Waals surface area contributed by atoms with Gasteiger partial charge in [-0.05, 0) is 45.7 Å². The summed E-state index contributed by atoms with van der Waals surface area (Å²) in [6.07, 6.45) is 7.24. The molecule has 1 heterocycles. The van der Waals surface area contributed by atoms with Gasteiger partial charge < -0.3 is 14.6 Å². The Hall–Kier alpha value is -2.02. The van der Waals surface area contributed by atoms with Gasteiger partial charge >= 0.3 is 5.97 Å². The fraction of sp³-hybridized carbons (Fsp3) is 0.625. The Labute approximate surface area is 190 Å². The number of hydrogen-bond acceptors (Lipinski definition) is 5. The van der Waals surface area contributed by atoms with Crippen LogP contribution in [0.15, 0.2) is 29.4 Å². The lowest BCUT2D eigenvalue weighted by molar-refractivity contribution is -0.155. The fourth-order valence-corrected chi connectivity index (χ4v) is 4.21. The lowest BCUT2D eigenvalue weighted by Crippen LogP contribution is -2.26. The lowest BCUT2D eigenvalue weighted by atomic mass is 10.1. The van der Waals surface area contributed by atoms with Crippen LogP contribution in [-0.2, 0) is 20.9 Å². The summed E-state index contributed by atoms with van der Waals surface area (Å²) in [4.78, 5) is 29.0. The Balaban J connectivity index is 1.82. The van der Waals surface area contributed by atoms with Crippen molar-refractivity contribution in [2.75, 3.05) is 12.3 Å². The van der Waals surface area contributed by atoms with Crippen molar-refractivity contribution in [2.45, 2.75) is 89.9 Å². The highest BCUT2D eigenvalue weighted by atomic mass is 32.2. The van der Waals surface area contributed by atoms with Crippen LogP contribution in [0.5, 0.6) is 0 Å². The number of imidazole rings is 1. The number of rotatable bonds is 13. The molecule has 0 unspecified atom stereocenters. The van der Waals surface area contributed by atoms with Gasteiger partial charge in [-0.25, -0.2) is 4.98 Å². The molecule has 7 heteroatoms. The first-order chi connectivity index (χ1) is 14.8. The van der Waals surface area contributed by atoms with Gasteiger partial charge in [0.25, 0.3) is 0 Å². The number of para-hydroxylation sites is 2. The molecular weight excluding hydrogens is 410 g/mol. The zero-order valence-electron chi connectivity index (χ0n) is 19.4. The largest absolute Gasteiger partial charge is 0.459 e. The van der Waals surface area contributed by atoms with Crippen molar-refractivity contribution in [3.05, 3.63) is 24.3 Å². The van der Waals surface area contributed by atoms with Gasteiger partial charge in [-0.3, -0.25) is 9.59 Å². The van der Waals surface area contributed by atoms with E-state index in [-0.39, 0.29) is 18.4 Å². The summed E-state index contributed by atoms with van der Waals surface area (Å²) in [6.45, 7) is 8.59. The van der Waals surface area contributed by atoms with Crippen molar-refractivity contribution in [3.63, 3.8) is 0 Å². The topological polar surface area (TPSA) is 73.2 Å². The molecule has 172 valence electrons. The predicted molar refractivity (Wildman–Crippen MR) is 127 cm³/mol. The van der Waals surface area contributed by atoms with Gasteiger partial charge in [0.2, 0.25) is 5.91 Å². The van der Waals surface area contributed by atoms with Crippen molar-refractivity contribution < 1.29 is 14.3 Å². The van der Waals surface area contributed by atoms with Crippen LogP contribution >= 0.6 is 11.8 Å². The smallest absolute Gasteiger partial charge is 0.326 e. The second kappa shape index (κ2) is 12.7. The number of nitrogens with one attached hydrogen (secondary N) is 1. The molecule has 1 aromatic carbocycles. The second-order valence-electron chi connectivity index (χ2n) is 8.77. The van der Waals surface area contributed by atoms with Crippen molar-refractivity contribution in [2.24, 2.45) is 0 Å². The molecule has 0 aliphatic rings. The first-order valence-corrected chi connectivity index (χ1v) is 12.4. The summed E-state index contributed by atoms with van der Waals surface area (Å²) >= 11 is 1.60. The van der Waals surface area contributed by atoms with Gasteiger partial charge in [0.1, 0.15) is 12.1 Å². The number of carbonyl (C=O) groups is 2. The first kappa shape index (κ1) is 25.2. The molecule has 1 aromatic heterocycles. The van der Waals surface area contributed by atoms with Crippen molar-refractivity contribution in [1.82, 2.24) is 14.9 Å². The highest BCUT2D eigenvalue weighted by Gasteiger charge is 2.19. The molecule has 0 spiro atoms. The third kappa shape index (κ3) is 9.33. The maximum absolute atomic E-state index is 12.4. The maximum atomic E-state index is 12.4. The molecule has 0 saturated heterocycles. The first-order valence-electron chi connectivity index (χ1n) is 11.4. The standard InChI is InChI=1S/C24H37N3O3S/c1-5-6-7-8-9-15-21(28)25-16-12-17-31-23-26-19-13-10-11-14-20(19)27(23)18-22(29)30-24(2,3)4/h10-11,13-14H,5-9,12,15-18H2,1-4H3,(H,25,28). The lowest BCUT2D eigenvalue weighted by Gasteiger charge is -2.20. The van der Waals surface area contributed by atoms with E-state index in [0.29, 0.717) is 13.0 Å². The molecule has 31 heavy (non-hydrogen) atoms. The number of thioether (sulfide) groups is 1. The number of fused-ring (bicyclic) bond motifs is 1. The van der Waals surface area contributed by atoms with Crippen molar-refractivity contribution in [1.29, 1.82) is 0 Å². The molecule has 0 atom stereocenters. The average molecular weight is 448 g/mol. The molecule has 0 aliphatic heterocycles. The van der Waals surface area contributed by atoms with E-state index in [0.717, 1.165) is 41.2 Å². The monoisotopic (exact) mass is 447 g/mol. The van der Waals surface area contributed by atoms with Gasteiger partial charge in [-0.1, -0.05) is 56.5 Å². The number of aromatic nitrogens is 2. The van der Waals surface area contributed by atoms with E-state index in [2.05, 4.69) is 12.2 Å². The minimum atomic E-state index is -0.519. The normalized spacial score (nSPS) is 11.6. The third-order valence-corrected chi connectivity index (χ3v) is 5.77. The van der Waals surface area contributed by atoms with E-state index in [1.54, 1.807) is 11.8 Å². The Morgan fingerprint density at radius 2 is 1.84 bits per heavy atom. The maximum Gasteiger partial charge on any atom is 0.326 e. The molecule has 2 rings (SSSR count). The van der Waals surface area contributed by atoms with Gasteiger partial charge in [-0.15, -0.1) is 0 Å². The zero-order valence-corrected chi connectivity index (χ0v) is 20.2. The van der Waals surface area contributed by atoms with Crippen LogP contribution in [0.1, 0.15) is 72.6 Å². The van der Waals surface area contributed by atoms with Crippen molar-refractivity contribution in [3.8, 4) is 0 Å². The van der Waals surface area contributed by atoms with E-state index in [1.807, 2.05) is 49.6 Å². The highest BCUT2D eigenvalue weighted by Crippen LogP contribution is 2.25. The minimum Gasteiger partial charge on any atom is -0.459 e. The van der Waals surface area contributed by atoms with Crippen molar-refractivity contribution >= 4 is 34.7 Å². The molecule has 0 aliphatic carbocycles. The van der Waals surface area contributed by atoms with Gasteiger partial charge in [0, 0.05) is 18.7 Å². The summed E-state index contributed by atoms with van der Waals surface area (Å²) in [5.41, 5.74) is 1.27. The van der Waals surface area contributed by atoms with Crippen LogP contribution in [0, 0.1) is 0 Å². The molecule has 1 N–H and O–H groups in total. The van der Waals surface area contributed by atoms with Crippen LogP contribution in [-0.4, -0.2) is 39.3 Å². The second-order valence-corrected chi connectivity index (χ2v) is 9.83. The van der Waals surface area contributed by atoms with E-state index in [9.17, 15) is 9.59 Å². The molecule has 2 aromatic rings. The van der Waals surface area contributed by atoms with E-state index in [4.69, 9.17) is 9.72 Å². The molecular formula is C24H37N3O3S. The minimum absolute atomic E-state index is 0.134. The van der Waals surface area contributed by atoms with Crippen LogP contribution in [0.2, 0.25) is 0 Å². The van der Waals surface area contributed by atoms with Crippen LogP contribution in [0.3, 0.4) is 0 Å². The number of esters is 1. The molecule has 6 nitrogen and oxygen atoms in total. The fourth-order valence-electron chi connectivity index (χ4n) is 3.26. The van der Waals surface area contributed by atoms with Gasteiger partial charge in [-0.2, -0.15) is 0 Å². The van der Waals surface area contributed by atoms with E-state index < -0.39 is 5.60 Å². The van der Waals surface area contributed by atoms with E-state index >= 15 is 0 Å².